The highest BCUT2D eigenvalue weighted by atomic mass is 79.9. The van der Waals surface area contributed by atoms with Crippen molar-refractivity contribution >= 4 is 62.8 Å². The van der Waals surface area contributed by atoms with E-state index in [0.29, 0.717) is 17.6 Å². The second-order valence-corrected chi connectivity index (χ2v) is 12.6. The fourth-order valence-electron chi connectivity index (χ4n) is 6.98. The Morgan fingerprint density at radius 2 is 1.48 bits per heavy atom. The van der Waals surface area contributed by atoms with Gasteiger partial charge in [0.25, 0.3) is 11.8 Å². The summed E-state index contributed by atoms with van der Waals surface area (Å²) in [6, 6.07) is 12.8. The van der Waals surface area contributed by atoms with Crippen LogP contribution in [0.1, 0.15) is 29.9 Å². The maximum absolute atomic E-state index is 13.9. The van der Waals surface area contributed by atoms with E-state index in [0.717, 1.165) is 10.5 Å². The lowest BCUT2D eigenvalue weighted by molar-refractivity contribution is -0.141. The summed E-state index contributed by atoms with van der Waals surface area (Å²) in [7, 11) is 0. The van der Waals surface area contributed by atoms with Crippen molar-refractivity contribution in [3.8, 4) is 11.5 Å². The maximum Gasteiger partial charge on any atom is 0.254 e. The summed E-state index contributed by atoms with van der Waals surface area (Å²) in [4.78, 5) is 53.2. The highest BCUT2D eigenvalue weighted by molar-refractivity contribution is 9.09. The zero-order valence-corrected chi connectivity index (χ0v) is 24.2. The lowest BCUT2D eigenvalue weighted by atomic mass is 9.56. The molecule has 0 radical (unpaired) electrons. The molecule has 2 aromatic carbocycles. The zero-order valence-electron chi connectivity index (χ0n) is 21.1. The van der Waals surface area contributed by atoms with Crippen LogP contribution in [-0.2, 0) is 25.6 Å². The van der Waals surface area contributed by atoms with Crippen LogP contribution in [0.25, 0.3) is 0 Å². The predicted molar refractivity (Wildman–Crippen MR) is 150 cm³/mol. The minimum Gasteiger partial charge on any atom is -0.508 e. The number of nitrogens with zero attached hydrogens (tertiary/aromatic N) is 2. The summed E-state index contributed by atoms with van der Waals surface area (Å²) in [5, 5.41) is 19.5. The topological polar surface area (TPSA) is 115 Å². The van der Waals surface area contributed by atoms with Crippen molar-refractivity contribution < 1.29 is 29.4 Å². The fraction of sp³-hybridized carbons (Fsp3) is 0.379. The minimum atomic E-state index is -1.87. The van der Waals surface area contributed by atoms with Crippen LogP contribution in [0.15, 0.2) is 60.2 Å². The Kier molecular flexibility index (Phi) is 6.55. The van der Waals surface area contributed by atoms with Gasteiger partial charge < -0.3 is 10.2 Å². The van der Waals surface area contributed by atoms with Gasteiger partial charge in [0.2, 0.25) is 11.8 Å². The number of fused-ring (bicyclic) bond motifs is 4. The van der Waals surface area contributed by atoms with Gasteiger partial charge in [-0.1, -0.05) is 51.8 Å². The van der Waals surface area contributed by atoms with E-state index >= 15 is 0 Å². The smallest absolute Gasteiger partial charge is 0.254 e. The quantitative estimate of drug-likeness (QED) is 0.219. The van der Waals surface area contributed by atoms with Gasteiger partial charge in [0.15, 0.2) is 9.75 Å². The number of aromatic hydroxyl groups is 2. The third-order valence-corrected chi connectivity index (χ3v) is 10.8. The molecule has 208 valence electrons. The van der Waals surface area contributed by atoms with Crippen LogP contribution in [0.5, 0.6) is 11.5 Å². The Morgan fingerprint density at radius 1 is 0.850 bits per heavy atom. The monoisotopic (exact) mass is 646 g/mol. The summed E-state index contributed by atoms with van der Waals surface area (Å²) >= 11 is 17.5. The maximum atomic E-state index is 13.9. The van der Waals surface area contributed by atoms with Crippen LogP contribution in [0, 0.1) is 17.8 Å². The van der Waals surface area contributed by atoms with Gasteiger partial charge in [-0.2, -0.15) is 0 Å². The molecule has 11 heteroatoms. The standard InChI is InChI=1S/C29H25BrCl2N2O6/c30-14-34-26(39)28(31)13-21-19(23(29(28,32)27(34)40)16-3-7-18(36)8-4-16)9-10-20-22(21)25(38)33(24(20)37)12-11-15-1-5-17(35)6-2-15/h1-9,20-23,35-36H,10-14H2/t20-,21+,22-,23-,28+,29-/m0/s1. The van der Waals surface area contributed by atoms with E-state index in [1.54, 1.807) is 36.4 Å². The van der Waals surface area contributed by atoms with Crippen LogP contribution in [0.2, 0.25) is 0 Å². The second kappa shape index (κ2) is 9.60. The number of likely N-dealkylation sites (tertiary alicyclic amines) is 2. The van der Waals surface area contributed by atoms with Gasteiger partial charge in [0.1, 0.15) is 11.5 Å². The predicted octanol–water partition coefficient (Wildman–Crippen LogP) is 4.05. The molecule has 0 unspecified atom stereocenters. The Hall–Kier alpha value is -2.88. The first kappa shape index (κ1) is 27.3. The molecule has 6 atom stereocenters. The lowest BCUT2D eigenvalue weighted by Crippen LogP contribution is -2.60. The summed E-state index contributed by atoms with van der Waals surface area (Å²) in [6.07, 6.45) is 2.53. The van der Waals surface area contributed by atoms with E-state index in [4.69, 9.17) is 23.2 Å². The molecule has 2 aromatic rings. The molecule has 4 amide bonds. The van der Waals surface area contributed by atoms with E-state index in [1.807, 2.05) is 6.08 Å². The number of benzene rings is 2. The van der Waals surface area contributed by atoms with Gasteiger partial charge in [0.05, 0.1) is 17.3 Å². The molecule has 0 spiro atoms. The molecule has 2 heterocycles. The van der Waals surface area contributed by atoms with Crippen molar-refractivity contribution in [2.75, 3.05) is 12.0 Å². The number of hydrogen-bond acceptors (Lipinski definition) is 6. The SMILES string of the molecule is O=C1[C@H]2[C@H](CC=C3[C@H]2C[C@@]2(Cl)C(=O)N(CBr)C(=O)[C@@]2(Cl)[C@H]3c2ccc(O)cc2)C(=O)N1CCc1ccc(O)cc1. The molecule has 8 nitrogen and oxygen atoms in total. The van der Waals surface area contributed by atoms with Crippen LogP contribution in [0.4, 0.5) is 0 Å². The Bertz CT molecular complexity index is 1460. The second-order valence-electron chi connectivity index (χ2n) is 10.8. The van der Waals surface area contributed by atoms with Crippen molar-refractivity contribution in [2.45, 2.75) is 34.9 Å². The molecule has 2 aliphatic heterocycles. The largest absolute Gasteiger partial charge is 0.508 e. The molecule has 6 rings (SSSR count). The van der Waals surface area contributed by atoms with Gasteiger partial charge in [0, 0.05) is 12.5 Å². The molecule has 4 aliphatic rings. The molecule has 1 saturated carbocycles. The number of amides is 4. The highest BCUT2D eigenvalue weighted by Crippen LogP contribution is 2.65. The molecule has 2 N–H and O–H groups in total. The molecule has 2 saturated heterocycles. The Labute approximate surface area is 248 Å². The Morgan fingerprint density at radius 3 is 2.10 bits per heavy atom. The molecule has 0 aromatic heterocycles. The van der Waals surface area contributed by atoms with Crippen molar-refractivity contribution in [3.05, 3.63) is 71.3 Å². The van der Waals surface area contributed by atoms with E-state index in [-0.39, 0.29) is 48.2 Å². The first-order valence-electron chi connectivity index (χ1n) is 12.9. The lowest BCUT2D eigenvalue weighted by Gasteiger charge is -2.50. The number of phenols is 2. The number of allylic oxidation sites excluding steroid dienone is 2. The van der Waals surface area contributed by atoms with Gasteiger partial charge in [-0.15, -0.1) is 23.2 Å². The average molecular weight is 648 g/mol. The normalized spacial score (nSPS) is 33.1. The van der Waals surface area contributed by atoms with E-state index in [9.17, 15) is 29.4 Å². The third-order valence-electron chi connectivity index (χ3n) is 8.89. The van der Waals surface area contributed by atoms with Crippen molar-refractivity contribution in [3.63, 3.8) is 0 Å². The number of carbonyl (C=O) groups excluding carboxylic acids is 4. The number of hydrogen-bond donors (Lipinski definition) is 2. The number of alkyl halides is 3. The van der Waals surface area contributed by atoms with Gasteiger partial charge in [-0.3, -0.25) is 29.0 Å². The Balaban J connectivity index is 1.40. The van der Waals surface area contributed by atoms with E-state index in [1.165, 1.54) is 17.0 Å². The van der Waals surface area contributed by atoms with Gasteiger partial charge >= 0.3 is 0 Å². The fourth-order valence-corrected chi connectivity index (χ4v) is 8.41. The molecular formula is C29H25BrCl2N2O6. The number of imide groups is 2. The third kappa shape index (κ3) is 3.70. The molecule has 40 heavy (non-hydrogen) atoms. The van der Waals surface area contributed by atoms with E-state index < -0.39 is 45.2 Å². The highest BCUT2D eigenvalue weighted by Gasteiger charge is 2.76. The number of halogens is 3. The summed E-state index contributed by atoms with van der Waals surface area (Å²) in [5.74, 6) is -4.53. The first-order valence-corrected chi connectivity index (χ1v) is 14.8. The number of rotatable bonds is 5. The molecule has 2 aliphatic carbocycles. The van der Waals surface area contributed by atoms with Crippen molar-refractivity contribution in [2.24, 2.45) is 17.8 Å². The summed E-state index contributed by atoms with van der Waals surface area (Å²) in [6.45, 7) is 0.180. The molecule has 3 fully saturated rings. The summed E-state index contributed by atoms with van der Waals surface area (Å²) in [5.41, 5.74) is 2.06. The van der Waals surface area contributed by atoms with Crippen molar-refractivity contribution in [1.29, 1.82) is 0 Å². The first-order chi connectivity index (χ1) is 19.0. The summed E-state index contributed by atoms with van der Waals surface area (Å²) < 4.78 is 0. The molecular weight excluding hydrogens is 623 g/mol. The van der Waals surface area contributed by atoms with Crippen LogP contribution < -0.4 is 0 Å². The van der Waals surface area contributed by atoms with Gasteiger partial charge in [-0.05, 0) is 60.6 Å². The number of phenolic OH excluding ortho intramolecular Hbond substituents is 2. The molecule has 0 bridgehead atoms. The van der Waals surface area contributed by atoms with Gasteiger partial charge in [-0.25, -0.2) is 0 Å². The van der Waals surface area contributed by atoms with Crippen LogP contribution in [0.3, 0.4) is 0 Å². The van der Waals surface area contributed by atoms with E-state index in [2.05, 4.69) is 15.9 Å². The van der Waals surface area contributed by atoms with Crippen molar-refractivity contribution in [1.82, 2.24) is 9.80 Å². The number of carbonyl (C=O) groups is 4. The van der Waals surface area contributed by atoms with Crippen LogP contribution in [-0.4, -0.2) is 65.4 Å². The minimum absolute atomic E-state index is 0.0197. The zero-order chi connectivity index (χ0) is 28.6. The van der Waals surface area contributed by atoms with Crippen LogP contribution >= 0.6 is 39.1 Å². The average Bonchev–Trinajstić information content (AvgIpc) is 3.26.